The molecule has 6 heteroatoms. The van der Waals surface area contributed by atoms with E-state index in [2.05, 4.69) is 0 Å². The Morgan fingerprint density at radius 1 is 0.857 bits per heavy atom. The van der Waals surface area contributed by atoms with Crippen LogP contribution in [0, 0.1) is 20.8 Å². The van der Waals surface area contributed by atoms with Gasteiger partial charge in [0.25, 0.3) is 5.91 Å². The quantitative estimate of drug-likeness (QED) is 0.814. The second-order valence-electron chi connectivity index (χ2n) is 6.99. The van der Waals surface area contributed by atoms with Crippen LogP contribution >= 0.6 is 0 Å². The zero-order valence-electron chi connectivity index (χ0n) is 16.6. The van der Waals surface area contributed by atoms with Crippen molar-refractivity contribution in [2.24, 2.45) is 0 Å². The van der Waals surface area contributed by atoms with Crippen molar-refractivity contribution in [3.63, 3.8) is 0 Å². The lowest BCUT2D eigenvalue weighted by Crippen LogP contribution is -2.52. The number of aryl methyl sites for hydroxylation is 2. The normalized spacial score (nSPS) is 14.0. The molecule has 6 nitrogen and oxygen atoms in total. The van der Waals surface area contributed by atoms with Gasteiger partial charge < -0.3 is 19.3 Å². The zero-order chi connectivity index (χ0) is 20.1. The molecule has 0 bridgehead atoms. The first kappa shape index (κ1) is 19.7. The van der Waals surface area contributed by atoms with Crippen LogP contribution in [0.5, 0.6) is 11.5 Å². The Bertz CT molecular complexity index is 843. The molecule has 2 aromatic rings. The van der Waals surface area contributed by atoms with Crippen molar-refractivity contribution in [1.29, 1.82) is 0 Å². The average molecular weight is 382 g/mol. The predicted molar refractivity (Wildman–Crippen MR) is 107 cm³/mol. The lowest BCUT2D eigenvalue weighted by Gasteiger charge is -2.34. The summed E-state index contributed by atoms with van der Waals surface area (Å²) >= 11 is 0. The van der Waals surface area contributed by atoms with Crippen molar-refractivity contribution >= 4 is 12.0 Å². The highest BCUT2D eigenvalue weighted by Crippen LogP contribution is 2.25. The fraction of sp³-hybridized carbons (Fsp3) is 0.364. The van der Waals surface area contributed by atoms with Gasteiger partial charge >= 0.3 is 6.09 Å². The molecule has 1 fully saturated rings. The number of carbonyl (C=O) groups excluding carboxylic acids is 2. The minimum atomic E-state index is -0.388. The molecule has 2 aromatic carbocycles. The van der Waals surface area contributed by atoms with Crippen LogP contribution in [-0.4, -0.2) is 54.6 Å². The van der Waals surface area contributed by atoms with Crippen LogP contribution in [0.2, 0.25) is 0 Å². The molecule has 1 saturated heterocycles. The molecule has 28 heavy (non-hydrogen) atoms. The van der Waals surface area contributed by atoms with Gasteiger partial charge in [-0.1, -0.05) is 30.3 Å². The van der Waals surface area contributed by atoms with Gasteiger partial charge in [-0.3, -0.25) is 4.79 Å². The molecule has 0 saturated carbocycles. The molecule has 1 heterocycles. The zero-order valence-corrected chi connectivity index (χ0v) is 16.6. The van der Waals surface area contributed by atoms with E-state index < -0.39 is 0 Å². The van der Waals surface area contributed by atoms with E-state index in [-0.39, 0.29) is 18.6 Å². The van der Waals surface area contributed by atoms with E-state index in [1.807, 2.05) is 51.1 Å². The second kappa shape index (κ2) is 8.78. The van der Waals surface area contributed by atoms with Gasteiger partial charge in [0.1, 0.15) is 11.5 Å². The van der Waals surface area contributed by atoms with E-state index in [0.717, 1.165) is 22.4 Å². The van der Waals surface area contributed by atoms with Gasteiger partial charge in [0.2, 0.25) is 0 Å². The maximum Gasteiger partial charge on any atom is 0.415 e. The number of amides is 2. The molecule has 148 valence electrons. The molecular weight excluding hydrogens is 356 g/mol. The fourth-order valence-electron chi connectivity index (χ4n) is 3.17. The fourth-order valence-corrected chi connectivity index (χ4v) is 3.17. The van der Waals surface area contributed by atoms with Crippen LogP contribution in [-0.2, 0) is 4.79 Å². The van der Waals surface area contributed by atoms with Gasteiger partial charge in [-0.15, -0.1) is 0 Å². The highest BCUT2D eigenvalue weighted by Gasteiger charge is 2.25. The first-order valence-electron chi connectivity index (χ1n) is 9.45. The summed E-state index contributed by atoms with van der Waals surface area (Å²) in [7, 11) is 0. The standard InChI is InChI=1S/C22H26N2O4/c1-16-9-10-17(2)21(18(16)3)27-15-20(25)23-11-13-24(14-12-23)22(26)28-19-7-5-4-6-8-19/h4-10H,11-15H2,1-3H3. The highest BCUT2D eigenvalue weighted by molar-refractivity contribution is 5.78. The van der Waals surface area contributed by atoms with E-state index in [1.54, 1.807) is 21.9 Å². The first-order valence-corrected chi connectivity index (χ1v) is 9.45. The summed E-state index contributed by atoms with van der Waals surface area (Å²) in [6.45, 7) is 7.83. The summed E-state index contributed by atoms with van der Waals surface area (Å²) in [6.07, 6.45) is -0.388. The van der Waals surface area contributed by atoms with Gasteiger partial charge in [-0.05, 0) is 49.6 Å². The number of rotatable bonds is 4. The van der Waals surface area contributed by atoms with Gasteiger partial charge in [-0.25, -0.2) is 4.79 Å². The highest BCUT2D eigenvalue weighted by atomic mass is 16.6. The van der Waals surface area contributed by atoms with Gasteiger partial charge in [0.15, 0.2) is 6.61 Å². The van der Waals surface area contributed by atoms with E-state index >= 15 is 0 Å². The lowest BCUT2D eigenvalue weighted by atomic mass is 10.1. The molecule has 2 amide bonds. The summed E-state index contributed by atoms with van der Waals surface area (Å²) < 4.78 is 11.2. The molecule has 3 rings (SSSR count). The summed E-state index contributed by atoms with van der Waals surface area (Å²) in [6, 6.07) is 13.0. The maximum atomic E-state index is 12.5. The molecule has 0 spiro atoms. The Labute approximate surface area is 165 Å². The number of ether oxygens (including phenoxy) is 2. The van der Waals surface area contributed by atoms with E-state index in [4.69, 9.17) is 9.47 Å². The topological polar surface area (TPSA) is 59.1 Å². The third-order valence-electron chi connectivity index (χ3n) is 5.05. The molecule has 0 aliphatic carbocycles. The van der Waals surface area contributed by atoms with Crippen LogP contribution in [0.25, 0.3) is 0 Å². The summed E-state index contributed by atoms with van der Waals surface area (Å²) in [5.41, 5.74) is 3.21. The predicted octanol–water partition coefficient (Wildman–Crippen LogP) is 3.33. The molecular formula is C22H26N2O4. The van der Waals surface area contributed by atoms with Gasteiger partial charge in [-0.2, -0.15) is 0 Å². The third kappa shape index (κ3) is 4.63. The van der Waals surface area contributed by atoms with Crippen LogP contribution in [0.15, 0.2) is 42.5 Å². The molecule has 0 aromatic heterocycles. The van der Waals surface area contributed by atoms with Crippen molar-refractivity contribution in [1.82, 2.24) is 9.80 Å². The summed E-state index contributed by atoms with van der Waals surface area (Å²) in [5.74, 6) is 1.22. The van der Waals surface area contributed by atoms with Crippen molar-refractivity contribution in [3.05, 3.63) is 59.2 Å². The Kier molecular flexibility index (Phi) is 6.19. The van der Waals surface area contributed by atoms with E-state index in [0.29, 0.717) is 31.9 Å². The van der Waals surface area contributed by atoms with Gasteiger partial charge in [0, 0.05) is 26.2 Å². The molecule has 0 radical (unpaired) electrons. The van der Waals surface area contributed by atoms with Crippen LogP contribution < -0.4 is 9.47 Å². The monoisotopic (exact) mass is 382 g/mol. The summed E-state index contributed by atoms with van der Waals surface area (Å²) in [4.78, 5) is 28.1. The van der Waals surface area contributed by atoms with Crippen molar-refractivity contribution < 1.29 is 19.1 Å². The largest absolute Gasteiger partial charge is 0.483 e. The number of hydrogen-bond acceptors (Lipinski definition) is 4. The Morgan fingerprint density at radius 2 is 1.46 bits per heavy atom. The molecule has 1 aliphatic rings. The summed E-state index contributed by atoms with van der Waals surface area (Å²) in [5, 5.41) is 0. The number of nitrogens with zero attached hydrogens (tertiary/aromatic N) is 2. The minimum absolute atomic E-state index is 0.000402. The molecule has 0 unspecified atom stereocenters. The van der Waals surface area contributed by atoms with Crippen molar-refractivity contribution in [3.8, 4) is 11.5 Å². The van der Waals surface area contributed by atoms with E-state index in [1.165, 1.54) is 0 Å². The Hall–Kier alpha value is -3.02. The minimum Gasteiger partial charge on any atom is -0.483 e. The van der Waals surface area contributed by atoms with Crippen LogP contribution in [0.1, 0.15) is 16.7 Å². The number of hydrogen-bond donors (Lipinski definition) is 0. The first-order chi connectivity index (χ1) is 13.5. The Balaban J connectivity index is 1.49. The van der Waals surface area contributed by atoms with Crippen molar-refractivity contribution in [2.75, 3.05) is 32.8 Å². The smallest absolute Gasteiger partial charge is 0.415 e. The maximum absolute atomic E-state index is 12.5. The van der Waals surface area contributed by atoms with Crippen LogP contribution in [0.4, 0.5) is 4.79 Å². The van der Waals surface area contributed by atoms with Crippen LogP contribution in [0.3, 0.4) is 0 Å². The molecule has 1 aliphatic heterocycles. The average Bonchev–Trinajstić information content (AvgIpc) is 2.71. The number of piperazine rings is 1. The molecule has 0 atom stereocenters. The SMILES string of the molecule is Cc1ccc(C)c(OCC(=O)N2CCN(C(=O)Oc3ccccc3)CC2)c1C. The van der Waals surface area contributed by atoms with Gasteiger partial charge in [0.05, 0.1) is 0 Å². The number of benzene rings is 2. The van der Waals surface area contributed by atoms with E-state index in [9.17, 15) is 9.59 Å². The number of carbonyl (C=O) groups is 2. The Morgan fingerprint density at radius 3 is 2.14 bits per heavy atom. The molecule has 0 N–H and O–H groups in total. The third-order valence-corrected chi connectivity index (χ3v) is 5.05. The second-order valence-corrected chi connectivity index (χ2v) is 6.99. The van der Waals surface area contributed by atoms with Crippen molar-refractivity contribution in [2.45, 2.75) is 20.8 Å². The number of para-hydroxylation sites is 1. The lowest BCUT2D eigenvalue weighted by molar-refractivity contribution is -0.134.